The molecule has 1 aliphatic carbocycles. The second-order valence-electron chi connectivity index (χ2n) is 4.68. The van der Waals surface area contributed by atoms with Crippen molar-refractivity contribution in [3.05, 3.63) is 16.3 Å². The Balaban J connectivity index is 2.01. The van der Waals surface area contributed by atoms with E-state index in [-0.39, 0.29) is 6.04 Å². The molecule has 0 aliphatic heterocycles. The average Bonchev–Trinajstić information content (AvgIpc) is 2.90. The summed E-state index contributed by atoms with van der Waals surface area (Å²) in [6.45, 7) is 4.86. The molecule has 0 atom stereocenters. The van der Waals surface area contributed by atoms with Crippen molar-refractivity contribution in [2.24, 2.45) is 0 Å². The smallest absolute Gasteiger partial charge is 0.241 e. The van der Waals surface area contributed by atoms with Crippen molar-refractivity contribution >= 4 is 21.4 Å². The Bertz CT molecular complexity index is 475. The second kappa shape index (κ2) is 5.06. The van der Waals surface area contributed by atoms with Crippen molar-refractivity contribution in [3.63, 3.8) is 0 Å². The first-order valence-corrected chi connectivity index (χ1v) is 8.17. The van der Waals surface area contributed by atoms with Crippen LogP contribution in [0.5, 0.6) is 0 Å². The van der Waals surface area contributed by atoms with Gasteiger partial charge in [0.25, 0.3) is 0 Å². The van der Waals surface area contributed by atoms with Crippen LogP contribution in [-0.4, -0.2) is 20.5 Å². The minimum absolute atomic E-state index is 0.164. The van der Waals surface area contributed by atoms with E-state index in [2.05, 4.69) is 23.9 Å². The van der Waals surface area contributed by atoms with E-state index in [0.29, 0.717) is 10.9 Å². The van der Waals surface area contributed by atoms with Crippen molar-refractivity contribution in [2.75, 3.05) is 0 Å². The summed E-state index contributed by atoms with van der Waals surface area (Å²) in [5, 5.41) is 4.99. The summed E-state index contributed by atoms with van der Waals surface area (Å²) in [7, 11) is -3.28. The summed E-state index contributed by atoms with van der Waals surface area (Å²) in [4.78, 5) is 1.45. The lowest BCUT2D eigenvalue weighted by Gasteiger charge is -2.05. The van der Waals surface area contributed by atoms with Crippen molar-refractivity contribution in [1.82, 2.24) is 10.0 Å². The SMILES string of the molecule is CC(C)NCc1cc(S(=O)(=O)NC2CC2)cs1. The quantitative estimate of drug-likeness (QED) is 0.830. The number of hydrogen-bond acceptors (Lipinski definition) is 4. The zero-order valence-electron chi connectivity index (χ0n) is 10.1. The predicted molar refractivity (Wildman–Crippen MR) is 69.6 cm³/mol. The molecule has 1 aliphatic rings. The van der Waals surface area contributed by atoms with Crippen LogP contribution >= 0.6 is 11.3 Å². The van der Waals surface area contributed by atoms with Gasteiger partial charge in [-0.15, -0.1) is 11.3 Å². The van der Waals surface area contributed by atoms with Gasteiger partial charge < -0.3 is 5.32 Å². The number of nitrogens with one attached hydrogen (secondary N) is 2. The third kappa shape index (κ3) is 3.77. The van der Waals surface area contributed by atoms with Crippen LogP contribution in [0.2, 0.25) is 0 Å². The van der Waals surface area contributed by atoms with E-state index in [0.717, 1.165) is 24.3 Å². The van der Waals surface area contributed by atoms with Crippen LogP contribution < -0.4 is 10.0 Å². The molecular formula is C11H18N2O2S2. The summed E-state index contributed by atoms with van der Waals surface area (Å²) in [6.07, 6.45) is 1.93. The van der Waals surface area contributed by atoms with Crippen molar-refractivity contribution in [3.8, 4) is 0 Å². The fraction of sp³-hybridized carbons (Fsp3) is 0.636. The van der Waals surface area contributed by atoms with E-state index in [1.165, 1.54) is 11.3 Å². The maximum Gasteiger partial charge on any atom is 0.241 e. The van der Waals surface area contributed by atoms with Crippen LogP contribution in [0.1, 0.15) is 31.6 Å². The Kier molecular flexibility index (Phi) is 3.87. The van der Waals surface area contributed by atoms with Gasteiger partial charge in [0, 0.05) is 28.9 Å². The zero-order valence-corrected chi connectivity index (χ0v) is 11.7. The topological polar surface area (TPSA) is 58.2 Å². The van der Waals surface area contributed by atoms with Gasteiger partial charge in [-0.25, -0.2) is 13.1 Å². The molecule has 0 saturated heterocycles. The van der Waals surface area contributed by atoms with Gasteiger partial charge in [0.15, 0.2) is 0 Å². The highest BCUT2D eigenvalue weighted by Gasteiger charge is 2.28. The molecule has 0 spiro atoms. The molecule has 1 fully saturated rings. The van der Waals surface area contributed by atoms with Gasteiger partial charge in [-0.3, -0.25) is 0 Å². The highest BCUT2D eigenvalue weighted by atomic mass is 32.2. The predicted octanol–water partition coefficient (Wildman–Crippen LogP) is 1.69. The Morgan fingerprint density at radius 2 is 2.18 bits per heavy atom. The largest absolute Gasteiger partial charge is 0.310 e. The molecule has 0 amide bonds. The Labute approximate surface area is 106 Å². The van der Waals surface area contributed by atoms with Crippen LogP contribution in [0.4, 0.5) is 0 Å². The molecule has 17 heavy (non-hydrogen) atoms. The second-order valence-corrected chi connectivity index (χ2v) is 7.39. The lowest BCUT2D eigenvalue weighted by Crippen LogP contribution is -2.25. The van der Waals surface area contributed by atoms with Crippen molar-refractivity contribution in [2.45, 2.75) is 50.2 Å². The molecule has 2 N–H and O–H groups in total. The molecule has 1 heterocycles. The first kappa shape index (κ1) is 13.0. The van der Waals surface area contributed by atoms with E-state index in [4.69, 9.17) is 0 Å². The minimum atomic E-state index is -3.28. The highest BCUT2D eigenvalue weighted by molar-refractivity contribution is 7.89. The van der Waals surface area contributed by atoms with Gasteiger partial charge in [0.05, 0.1) is 4.90 Å². The molecular weight excluding hydrogens is 256 g/mol. The molecule has 0 bridgehead atoms. The molecule has 96 valence electrons. The van der Waals surface area contributed by atoms with Crippen molar-refractivity contribution < 1.29 is 8.42 Å². The zero-order chi connectivity index (χ0) is 12.5. The first-order chi connectivity index (χ1) is 7.97. The third-order valence-corrected chi connectivity index (χ3v) is 5.11. The third-order valence-electron chi connectivity index (χ3n) is 2.52. The van der Waals surface area contributed by atoms with Gasteiger partial charge in [-0.2, -0.15) is 0 Å². The number of hydrogen-bond donors (Lipinski definition) is 2. The summed E-state index contributed by atoms with van der Waals surface area (Å²) >= 11 is 1.48. The lowest BCUT2D eigenvalue weighted by molar-refractivity contribution is 0.580. The summed E-state index contributed by atoms with van der Waals surface area (Å²) < 4.78 is 26.5. The van der Waals surface area contributed by atoms with Gasteiger partial charge >= 0.3 is 0 Å². The monoisotopic (exact) mass is 274 g/mol. The van der Waals surface area contributed by atoms with E-state index in [1.54, 1.807) is 11.4 Å². The molecule has 0 aromatic carbocycles. The Morgan fingerprint density at radius 1 is 1.47 bits per heavy atom. The van der Waals surface area contributed by atoms with Gasteiger partial charge in [-0.05, 0) is 18.9 Å². The van der Waals surface area contributed by atoms with Gasteiger partial charge in [0.2, 0.25) is 10.0 Å². The summed E-state index contributed by atoms with van der Waals surface area (Å²) in [6, 6.07) is 2.32. The summed E-state index contributed by atoms with van der Waals surface area (Å²) in [5.41, 5.74) is 0. The number of thiophene rings is 1. The minimum Gasteiger partial charge on any atom is -0.310 e. The molecule has 4 nitrogen and oxygen atoms in total. The van der Waals surface area contributed by atoms with Crippen LogP contribution in [-0.2, 0) is 16.6 Å². The standard InChI is InChI=1S/C11H18N2O2S2/c1-8(2)12-6-10-5-11(7-16-10)17(14,15)13-9-3-4-9/h5,7-9,12-13H,3-4,6H2,1-2H3. The Hall–Kier alpha value is -0.430. The molecule has 6 heteroatoms. The van der Waals surface area contributed by atoms with E-state index in [9.17, 15) is 8.42 Å². The maximum absolute atomic E-state index is 11.9. The fourth-order valence-corrected chi connectivity index (χ4v) is 3.92. The normalized spacial score (nSPS) is 16.6. The average molecular weight is 274 g/mol. The fourth-order valence-electron chi connectivity index (χ4n) is 1.39. The number of rotatable bonds is 6. The highest BCUT2D eigenvalue weighted by Crippen LogP contribution is 2.24. The molecule has 0 radical (unpaired) electrons. The summed E-state index contributed by atoms with van der Waals surface area (Å²) in [5.74, 6) is 0. The molecule has 0 unspecified atom stereocenters. The van der Waals surface area contributed by atoms with Gasteiger partial charge in [-0.1, -0.05) is 13.8 Å². The van der Waals surface area contributed by atoms with Crippen LogP contribution in [0, 0.1) is 0 Å². The Morgan fingerprint density at radius 3 is 2.76 bits per heavy atom. The molecule has 1 aromatic heterocycles. The molecule has 1 saturated carbocycles. The van der Waals surface area contributed by atoms with E-state index in [1.807, 2.05) is 0 Å². The molecule has 2 rings (SSSR count). The first-order valence-electron chi connectivity index (χ1n) is 5.80. The van der Waals surface area contributed by atoms with E-state index < -0.39 is 10.0 Å². The molecule has 1 aromatic rings. The number of sulfonamides is 1. The van der Waals surface area contributed by atoms with E-state index >= 15 is 0 Å². The lowest BCUT2D eigenvalue weighted by atomic mass is 10.4. The maximum atomic E-state index is 11.9. The van der Waals surface area contributed by atoms with Gasteiger partial charge in [0.1, 0.15) is 0 Å². The van der Waals surface area contributed by atoms with Crippen LogP contribution in [0.25, 0.3) is 0 Å². The van der Waals surface area contributed by atoms with Crippen LogP contribution in [0.3, 0.4) is 0 Å². The van der Waals surface area contributed by atoms with Crippen LogP contribution in [0.15, 0.2) is 16.3 Å². The van der Waals surface area contributed by atoms with Crippen molar-refractivity contribution in [1.29, 1.82) is 0 Å².